The Morgan fingerprint density at radius 3 is 2.68 bits per heavy atom. The first-order valence-electron chi connectivity index (χ1n) is 8.51. The smallest absolute Gasteiger partial charge is 0.297 e. The van der Waals surface area contributed by atoms with Crippen LogP contribution < -0.4 is 5.56 Å². The fraction of sp³-hybridized carbons (Fsp3) is 0.316. The van der Waals surface area contributed by atoms with Crippen LogP contribution in [0.4, 0.5) is 0 Å². The Morgan fingerprint density at radius 1 is 1.12 bits per heavy atom. The van der Waals surface area contributed by atoms with Gasteiger partial charge < -0.3 is 5.11 Å². The molecule has 3 rings (SSSR count). The lowest BCUT2D eigenvalue weighted by Crippen LogP contribution is -2.19. The largest absolute Gasteiger partial charge is 0.503 e. The molecule has 0 bridgehead atoms. The minimum Gasteiger partial charge on any atom is -0.503 e. The molecule has 3 aromatic rings. The van der Waals surface area contributed by atoms with Crippen LogP contribution in [-0.4, -0.2) is 25.1 Å². The highest BCUT2D eigenvalue weighted by Crippen LogP contribution is 2.18. The normalized spacial score (nSPS) is 10.9. The molecular formula is C19H22N4O2. The van der Waals surface area contributed by atoms with Gasteiger partial charge in [0.1, 0.15) is 0 Å². The highest BCUT2D eigenvalue weighted by atomic mass is 16.3. The summed E-state index contributed by atoms with van der Waals surface area (Å²) in [7, 11) is 0. The van der Waals surface area contributed by atoms with E-state index < -0.39 is 0 Å². The zero-order chi connectivity index (χ0) is 17.6. The van der Waals surface area contributed by atoms with Crippen LogP contribution in [-0.2, 0) is 12.8 Å². The van der Waals surface area contributed by atoms with E-state index in [9.17, 15) is 9.90 Å². The molecule has 6 heteroatoms. The lowest BCUT2D eigenvalue weighted by molar-refractivity contribution is 0.454. The van der Waals surface area contributed by atoms with Crippen LogP contribution in [0.1, 0.15) is 36.1 Å². The SMILES string of the molecule is Cc1ccccc1-n1ccc(CCCCCc2cn[nH]n2)c(O)c1=O. The lowest BCUT2D eigenvalue weighted by atomic mass is 10.1. The Bertz CT molecular complexity index is 885. The van der Waals surface area contributed by atoms with E-state index in [-0.39, 0.29) is 11.3 Å². The van der Waals surface area contributed by atoms with E-state index in [2.05, 4.69) is 15.4 Å². The molecule has 2 heterocycles. The molecule has 0 saturated heterocycles. The van der Waals surface area contributed by atoms with Gasteiger partial charge >= 0.3 is 0 Å². The number of nitrogens with zero attached hydrogens (tertiary/aromatic N) is 3. The number of aromatic hydroxyl groups is 1. The van der Waals surface area contributed by atoms with Gasteiger partial charge in [0.25, 0.3) is 5.56 Å². The minimum atomic E-state index is -0.366. The fourth-order valence-corrected chi connectivity index (χ4v) is 2.93. The first-order chi connectivity index (χ1) is 12.2. The first-order valence-corrected chi connectivity index (χ1v) is 8.51. The average Bonchev–Trinajstić information content (AvgIpc) is 3.13. The summed E-state index contributed by atoms with van der Waals surface area (Å²) >= 11 is 0. The number of rotatable bonds is 7. The molecule has 0 atom stereocenters. The number of aromatic amines is 1. The Hall–Kier alpha value is -2.89. The molecule has 0 aliphatic heterocycles. The maximum absolute atomic E-state index is 12.5. The number of H-pyrrole nitrogens is 1. The second-order valence-corrected chi connectivity index (χ2v) is 6.17. The standard InChI is InChI=1S/C19H22N4O2/c1-14-7-5-6-10-17(14)23-12-11-15(18(24)19(23)25)8-3-2-4-9-16-13-20-22-21-16/h5-7,10-13,24H,2-4,8-9H2,1H3,(H,20,21,22). The maximum Gasteiger partial charge on any atom is 0.297 e. The highest BCUT2D eigenvalue weighted by molar-refractivity contribution is 5.42. The van der Waals surface area contributed by atoms with Crippen LogP contribution in [0, 0.1) is 6.92 Å². The number of aromatic nitrogens is 4. The van der Waals surface area contributed by atoms with Crippen molar-refractivity contribution in [3.63, 3.8) is 0 Å². The number of aryl methyl sites for hydroxylation is 3. The quantitative estimate of drug-likeness (QED) is 0.649. The van der Waals surface area contributed by atoms with Gasteiger partial charge in [0.2, 0.25) is 0 Å². The summed E-state index contributed by atoms with van der Waals surface area (Å²) in [6, 6.07) is 9.47. The predicted molar refractivity (Wildman–Crippen MR) is 96.1 cm³/mol. The van der Waals surface area contributed by atoms with Crippen molar-refractivity contribution in [2.24, 2.45) is 0 Å². The third kappa shape index (κ3) is 3.96. The van der Waals surface area contributed by atoms with Gasteiger partial charge in [-0.05, 0) is 50.3 Å². The summed E-state index contributed by atoms with van der Waals surface area (Å²) in [5.74, 6) is -0.151. The monoisotopic (exact) mass is 338 g/mol. The van der Waals surface area contributed by atoms with E-state index in [1.165, 1.54) is 4.57 Å². The van der Waals surface area contributed by atoms with Crippen LogP contribution >= 0.6 is 0 Å². The van der Waals surface area contributed by atoms with E-state index in [1.54, 1.807) is 12.4 Å². The molecule has 0 aliphatic carbocycles. The van der Waals surface area contributed by atoms with Crippen molar-refractivity contribution in [2.75, 3.05) is 0 Å². The van der Waals surface area contributed by atoms with Gasteiger partial charge in [0.05, 0.1) is 17.6 Å². The summed E-state index contributed by atoms with van der Waals surface area (Å²) in [6.07, 6.45) is 7.98. The van der Waals surface area contributed by atoms with Crippen molar-refractivity contribution in [3.05, 3.63) is 69.9 Å². The number of benzene rings is 1. The predicted octanol–water partition coefficient (Wildman–Crippen LogP) is 2.93. The molecule has 25 heavy (non-hydrogen) atoms. The number of hydrogen-bond donors (Lipinski definition) is 2. The second-order valence-electron chi connectivity index (χ2n) is 6.17. The van der Waals surface area contributed by atoms with Crippen LogP contribution in [0.2, 0.25) is 0 Å². The van der Waals surface area contributed by atoms with Crippen molar-refractivity contribution in [1.82, 2.24) is 20.0 Å². The molecule has 0 unspecified atom stereocenters. The molecule has 0 aliphatic rings. The average molecular weight is 338 g/mol. The molecule has 130 valence electrons. The van der Waals surface area contributed by atoms with Gasteiger partial charge in [0, 0.05) is 11.8 Å². The van der Waals surface area contributed by atoms with Crippen molar-refractivity contribution in [1.29, 1.82) is 0 Å². The zero-order valence-corrected chi connectivity index (χ0v) is 14.3. The van der Waals surface area contributed by atoms with Gasteiger partial charge in [0.15, 0.2) is 5.75 Å². The molecule has 0 radical (unpaired) electrons. The fourth-order valence-electron chi connectivity index (χ4n) is 2.93. The van der Waals surface area contributed by atoms with Crippen LogP contribution in [0.25, 0.3) is 5.69 Å². The van der Waals surface area contributed by atoms with Crippen molar-refractivity contribution < 1.29 is 5.11 Å². The van der Waals surface area contributed by atoms with E-state index in [4.69, 9.17) is 0 Å². The maximum atomic E-state index is 12.5. The summed E-state index contributed by atoms with van der Waals surface area (Å²) in [6.45, 7) is 1.95. The second kappa shape index (κ2) is 7.79. The summed E-state index contributed by atoms with van der Waals surface area (Å²) < 4.78 is 1.50. The van der Waals surface area contributed by atoms with Crippen LogP contribution in [0.5, 0.6) is 5.75 Å². The first kappa shape index (κ1) is 17.0. The molecule has 2 aromatic heterocycles. The number of pyridine rings is 1. The van der Waals surface area contributed by atoms with Gasteiger partial charge in [-0.3, -0.25) is 9.36 Å². The molecule has 6 nitrogen and oxygen atoms in total. The topological polar surface area (TPSA) is 83.8 Å². The van der Waals surface area contributed by atoms with Gasteiger partial charge in [-0.2, -0.15) is 15.4 Å². The number of para-hydroxylation sites is 1. The van der Waals surface area contributed by atoms with Crippen molar-refractivity contribution >= 4 is 0 Å². The molecular weight excluding hydrogens is 316 g/mol. The Kier molecular flexibility index (Phi) is 5.28. The number of hydrogen-bond acceptors (Lipinski definition) is 4. The van der Waals surface area contributed by atoms with Gasteiger partial charge in [-0.1, -0.05) is 24.6 Å². The molecule has 0 saturated carbocycles. The van der Waals surface area contributed by atoms with Crippen LogP contribution in [0.3, 0.4) is 0 Å². The van der Waals surface area contributed by atoms with E-state index in [1.807, 2.05) is 37.3 Å². The number of unbranched alkanes of at least 4 members (excludes halogenated alkanes) is 2. The highest BCUT2D eigenvalue weighted by Gasteiger charge is 2.11. The van der Waals surface area contributed by atoms with E-state index in [0.29, 0.717) is 12.0 Å². The molecule has 0 amide bonds. The third-order valence-electron chi connectivity index (χ3n) is 4.37. The number of nitrogens with one attached hydrogen (secondary N) is 1. The zero-order valence-electron chi connectivity index (χ0n) is 14.3. The van der Waals surface area contributed by atoms with E-state index >= 15 is 0 Å². The van der Waals surface area contributed by atoms with Gasteiger partial charge in [-0.25, -0.2) is 0 Å². The molecule has 1 aromatic carbocycles. The Morgan fingerprint density at radius 2 is 1.92 bits per heavy atom. The minimum absolute atomic E-state index is 0.151. The Labute approximate surface area is 146 Å². The molecule has 0 fully saturated rings. The van der Waals surface area contributed by atoms with Crippen LogP contribution in [0.15, 0.2) is 47.5 Å². The summed E-state index contributed by atoms with van der Waals surface area (Å²) in [5, 5.41) is 20.7. The van der Waals surface area contributed by atoms with Crippen molar-refractivity contribution in [3.8, 4) is 11.4 Å². The van der Waals surface area contributed by atoms with Crippen molar-refractivity contribution in [2.45, 2.75) is 39.0 Å². The third-order valence-corrected chi connectivity index (χ3v) is 4.37. The van der Waals surface area contributed by atoms with E-state index in [0.717, 1.165) is 42.6 Å². The molecule has 0 spiro atoms. The molecule has 2 N–H and O–H groups in total. The lowest BCUT2D eigenvalue weighted by Gasteiger charge is -2.11. The summed E-state index contributed by atoms with van der Waals surface area (Å²) in [5.41, 5.74) is 3.08. The van der Waals surface area contributed by atoms with Gasteiger partial charge in [-0.15, -0.1) is 0 Å². The summed E-state index contributed by atoms with van der Waals surface area (Å²) in [4.78, 5) is 12.5. The Balaban J connectivity index is 1.62.